The molecule has 0 aliphatic carbocycles. The zero-order valence-electron chi connectivity index (χ0n) is 11.6. The molecule has 3 nitrogen and oxygen atoms in total. The van der Waals surface area contributed by atoms with Crippen LogP contribution in [0.5, 0.6) is 0 Å². The molecule has 112 valence electrons. The number of anilines is 1. The predicted molar refractivity (Wildman–Crippen MR) is 77.1 cm³/mol. The Hall–Kier alpha value is -2.56. The van der Waals surface area contributed by atoms with Crippen molar-refractivity contribution in [1.29, 1.82) is 0 Å². The van der Waals surface area contributed by atoms with E-state index in [1.807, 2.05) is 0 Å². The minimum Gasteiger partial charge on any atom is -0.274 e. The van der Waals surface area contributed by atoms with Gasteiger partial charge in [-0.1, -0.05) is 24.3 Å². The molecule has 1 fully saturated rings. The van der Waals surface area contributed by atoms with Crippen LogP contribution in [0.15, 0.2) is 48.5 Å². The van der Waals surface area contributed by atoms with Crippen molar-refractivity contribution in [2.24, 2.45) is 5.92 Å². The summed E-state index contributed by atoms with van der Waals surface area (Å²) in [6.07, 6.45) is 0.116. The second-order valence-corrected chi connectivity index (χ2v) is 5.24. The zero-order chi connectivity index (χ0) is 15.7. The number of hydrogen-bond donors (Lipinski definition) is 0. The van der Waals surface area contributed by atoms with Gasteiger partial charge in [0, 0.05) is 12.5 Å². The fourth-order valence-electron chi connectivity index (χ4n) is 2.66. The number of nitrogens with zero attached hydrogens (tertiary/aromatic N) is 1. The average molecular weight is 301 g/mol. The number of imide groups is 1. The first-order valence-corrected chi connectivity index (χ1v) is 6.92. The summed E-state index contributed by atoms with van der Waals surface area (Å²) < 4.78 is 26.6. The molecule has 5 heteroatoms. The van der Waals surface area contributed by atoms with Gasteiger partial charge in [-0.3, -0.25) is 14.5 Å². The molecule has 0 N–H and O–H groups in total. The van der Waals surface area contributed by atoms with Gasteiger partial charge >= 0.3 is 0 Å². The van der Waals surface area contributed by atoms with Gasteiger partial charge in [0.15, 0.2) is 0 Å². The highest BCUT2D eigenvalue weighted by Gasteiger charge is 2.39. The third-order valence-electron chi connectivity index (χ3n) is 3.74. The lowest BCUT2D eigenvalue weighted by atomic mass is 9.97. The molecule has 22 heavy (non-hydrogen) atoms. The normalized spacial score (nSPS) is 18.1. The van der Waals surface area contributed by atoms with E-state index in [0.717, 1.165) is 17.0 Å². The molecule has 0 saturated carbocycles. The number of carbonyl (C=O) groups is 2. The Bertz CT molecular complexity index is 731. The Morgan fingerprint density at radius 3 is 2.45 bits per heavy atom. The highest BCUT2D eigenvalue weighted by Crippen LogP contribution is 2.29. The quantitative estimate of drug-likeness (QED) is 0.817. The first-order valence-electron chi connectivity index (χ1n) is 6.92. The van der Waals surface area contributed by atoms with Gasteiger partial charge in [0.05, 0.1) is 11.6 Å². The molecule has 1 atom stereocenters. The lowest BCUT2D eigenvalue weighted by Gasteiger charge is -2.15. The maximum atomic E-state index is 13.7. The number of rotatable bonds is 3. The van der Waals surface area contributed by atoms with Crippen molar-refractivity contribution >= 4 is 17.5 Å². The number of benzene rings is 2. The molecule has 1 saturated heterocycles. The number of hydrogen-bond acceptors (Lipinski definition) is 2. The van der Waals surface area contributed by atoms with Gasteiger partial charge in [-0.05, 0) is 30.2 Å². The smallest absolute Gasteiger partial charge is 0.237 e. The Balaban J connectivity index is 1.82. The van der Waals surface area contributed by atoms with Crippen LogP contribution in [0.3, 0.4) is 0 Å². The molecule has 2 aromatic carbocycles. The number of halogens is 2. The Morgan fingerprint density at radius 1 is 1.05 bits per heavy atom. The van der Waals surface area contributed by atoms with Crippen molar-refractivity contribution in [3.63, 3.8) is 0 Å². The van der Waals surface area contributed by atoms with Crippen LogP contribution in [0.25, 0.3) is 0 Å². The first kappa shape index (κ1) is 14.4. The van der Waals surface area contributed by atoms with Gasteiger partial charge in [-0.2, -0.15) is 0 Å². The van der Waals surface area contributed by atoms with Crippen molar-refractivity contribution in [3.8, 4) is 0 Å². The van der Waals surface area contributed by atoms with Crippen molar-refractivity contribution in [1.82, 2.24) is 0 Å². The second kappa shape index (κ2) is 5.67. The van der Waals surface area contributed by atoms with Crippen LogP contribution in [0, 0.1) is 17.6 Å². The van der Waals surface area contributed by atoms with E-state index in [1.165, 1.54) is 6.07 Å². The number of carbonyl (C=O) groups excluding carboxylic acids is 2. The molecular formula is C17H13F2NO2. The standard InChI is InChI=1S/C17H13F2NO2/c18-13-7-6-11(15(19)10-13)8-12-9-16(21)20(17(12)22)14-4-2-1-3-5-14/h1-7,10,12H,8-9H2. The van der Waals surface area contributed by atoms with Gasteiger partial charge in [0.2, 0.25) is 11.8 Å². The summed E-state index contributed by atoms with van der Waals surface area (Å²) in [6.45, 7) is 0. The second-order valence-electron chi connectivity index (χ2n) is 5.24. The summed E-state index contributed by atoms with van der Waals surface area (Å²) in [4.78, 5) is 25.6. The topological polar surface area (TPSA) is 37.4 Å². The maximum Gasteiger partial charge on any atom is 0.237 e. The Labute approximate surface area is 126 Å². The van der Waals surface area contributed by atoms with E-state index in [2.05, 4.69) is 0 Å². The Kier molecular flexibility index (Phi) is 3.71. The maximum absolute atomic E-state index is 13.7. The van der Waals surface area contributed by atoms with Crippen molar-refractivity contribution in [2.45, 2.75) is 12.8 Å². The van der Waals surface area contributed by atoms with Crippen LogP contribution in [-0.4, -0.2) is 11.8 Å². The summed E-state index contributed by atoms with van der Waals surface area (Å²) in [6, 6.07) is 11.9. The summed E-state index contributed by atoms with van der Waals surface area (Å²) in [5, 5.41) is 0. The molecule has 0 spiro atoms. The van der Waals surface area contributed by atoms with Crippen LogP contribution >= 0.6 is 0 Å². The number of amides is 2. The van der Waals surface area contributed by atoms with Gasteiger partial charge in [-0.25, -0.2) is 8.78 Å². The molecule has 1 unspecified atom stereocenters. The van der Waals surface area contributed by atoms with Gasteiger partial charge in [0.25, 0.3) is 0 Å². The molecule has 0 radical (unpaired) electrons. The van der Waals surface area contributed by atoms with Crippen LogP contribution in [0.4, 0.5) is 14.5 Å². The van der Waals surface area contributed by atoms with Crippen molar-refractivity contribution in [2.75, 3.05) is 4.90 Å². The molecular weight excluding hydrogens is 288 g/mol. The minimum atomic E-state index is -0.696. The molecule has 2 aromatic rings. The summed E-state index contributed by atoms with van der Waals surface area (Å²) in [5.41, 5.74) is 0.752. The van der Waals surface area contributed by atoms with E-state index < -0.39 is 17.6 Å². The van der Waals surface area contributed by atoms with Gasteiger partial charge in [-0.15, -0.1) is 0 Å². The highest BCUT2D eigenvalue weighted by molar-refractivity contribution is 6.20. The Morgan fingerprint density at radius 2 is 1.77 bits per heavy atom. The summed E-state index contributed by atoms with van der Waals surface area (Å²) >= 11 is 0. The monoisotopic (exact) mass is 301 g/mol. The molecule has 3 rings (SSSR count). The van der Waals surface area contributed by atoms with Crippen LogP contribution in [0.2, 0.25) is 0 Å². The van der Waals surface area contributed by atoms with E-state index in [-0.39, 0.29) is 30.2 Å². The average Bonchev–Trinajstić information content (AvgIpc) is 2.77. The molecule has 2 amide bonds. The van der Waals surface area contributed by atoms with E-state index in [4.69, 9.17) is 0 Å². The van der Waals surface area contributed by atoms with Crippen LogP contribution in [0.1, 0.15) is 12.0 Å². The predicted octanol–water partition coefficient (Wildman–Crippen LogP) is 3.09. The van der Waals surface area contributed by atoms with E-state index in [1.54, 1.807) is 30.3 Å². The third kappa shape index (κ3) is 2.62. The minimum absolute atomic E-state index is 0.0323. The first-order chi connectivity index (χ1) is 10.6. The van der Waals surface area contributed by atoms with E-state index in [0.29, 0.717) is 5.69 Å². The van der Waals surface area contributed by atoms with E-state index >= 15 is 0 Å². The van der Waals surface area contributed by atoms with Crippen molar-refractivity contribution in [3.05, 3.63) is 65.7 Å². The van der Waals surface area contributed by atoms with Crippen LogP contribution in [-0.2, 0) is 16.0 Å². The third-order valence-corrected chi connectivity index (χ3v) is 3.74. The molecule has 0 aromatic heterocycles. The fourth-order valence-corrected chi connectivity index (χ4v) is 2.66. The number of para-hydroxylation sites is 1. The summed E-state index contributed by atoms with van der Waals surface area (Å²) in [7, 11) is 0. The summed E-state index contributed by atoms with van der Waals surface area (Å²) in [5.74, 6) is -2.63. The molecule has 1 heterocycles. The van der Waals surface area contributed by atoms with Crippen molar-refractivity contribution < 1.29 is 18.4 Å². The van der Waals surface area contributed by atoms with Crippen LogP contribution < -0.4 is 4.90 Å². The molecule has 1 aliphatic rings. The lowest BCUT2D eigenvalue weighted by Crippen LogP contribution is -2.30. The lowest BCUT2D eigenvalue weighted by molar-refractivity contribution is -0.122. The van der Waals surface area contributed by atoms with Gasteiger partial charge in [0.1, 0.15) is 11.6 Å². The zero-order valence-corrected chi connectivity index (χ0v) is 11.6. The largest absolute Gasteiger partial charge is 0.274 e. The molecule has 0 bridgehead atoms. The van der Waals surface area contributed by atoms with E-state index in [9.17, 15) is 18.4 Å². The molecule has 1 aliphatic heterocycles. The van der Waals surface area contributed by atoms with Gasteiger partial charge < -0.3 is 0 Å². The SMILES string of the molecule is O=C1CC(Cc2ccc(F)cc2F)C(=O)N1c1ccccc1. The fraction of sp³-hybridized carbons (Fsp3) is 0.176. The highest BCUT2D eigenvalue weighted by atomic mass is 19.1.